The molecular weight excluding hydrogens is 308 g/mol. The number of nitrogens with one attached hydrogen (secondary N) is 1. The molecule has 2 aromatic heterocycles. The summed E-state index contributed by atoms with van der Waals surface area (Å²) in [6.07, 6.45) is 5.77. The predicted octanol–water partition coefficient (Wildman–Crippen LogP) is 3.84. The summed E-state index contributed by atoms with van der Waals surface area (Å²) in [5.74, 6) is 1.44. The van der Waals surface area contributed by atoms with Crippen molar-refractivity contribution in [2.24, 2.45) is 0 Å². The van der Waals surface area contributed by atoms with Crippen LogP contribution in [0, 0.1) is 0 Å². The molecule has 7 heteroatoms. The second-order valence-electron chi connectivity index (χ2n) is 4.44. The van der Waals surface area contributed by atoms with Crippen molar-refractivity contribution in [1.29, 1.82) is 0 Å². The maximum absolute atomic E-state index is 5.85. The Morgan fingerprint density at radius 3 is 2.81 bits per heavy atom. The summed E-state index contributed by atoms with van der Waals surface area (Å²) in [7, 11) is 0. The standard InChI is InChI=1S/C14H13ClN4OS/c15-12-5-3-11(4-6-12)13-18-19-14(20-13)21-7-1-2-10-8-16-17-9-10/h3-6,8-9H,1-2,7H2,(H,16,17). The van der Waals surface area contributed by atoms with E-state index in [-0.39, 0.29) is 0 Å². The fourth-order valence-electron chi connectivity index (χ4n) is 1.83. The highest BCUT2D eigenvalue weighted by molar-refractivity contribution is 7.99. The van der Waals surface area contributed by atoms with Gasteiger partial charge in [-0.25, -0.2) is 0 Å². The van der Waals surface area contributed by atoms with Gasteiger partial charge in [0, 0.05) is 22.5 Å². The first-order valence-electron chi connectivity index (χ1n) is 6.51. The van der Waals surface area contributed by atoms with E-state index in [9.17, 15) is 0 Å². The fourth-order valence-corrected chi connectivity index (χ4v) is 2.65. The molecule has 0 unspecified atom stereocenters. The van der Waals surface area contributed by atoms with Crippen molar-refractivity contribution in [1.82, 2.24) is 20.4 Å². The lowest BCUT2D eigenvalue weighted by Crippen LogP contribution is -1.85. The fraction of sp³-hybridized carbons (Fsp3) is 0.214. The molecule has 0 saturated carbocycles. The van der Waals surface area contributed by atoms with E-state index in [1.54, 1.807) is 23.9 Å². The maximum atomic E-state index is 5.85. The van der Waals surface area contributed by atoms with Gasteiger partial charge < -0.3 is 4.42 Å². The normalized spacial score (nSPS) is 10.9. The molecule has 1 N–H and O–H groups in total. The average molecular weight is 321 g/mol. The van der Waals surface area contributed by atoms with Gasteiger partial charge in [0.1, 0.15) is 0 Å². The Bertz CT molecular complexity index is 681. The zero-order valence-electron chi connectivity index (χ0n) is 11.1. The molecule has 0 fully saturated rings. The van der Waals surface area contributed by atoms with Gasteiger partial charge in [0.2, 0.25) is 5.89 Å². The summed E-state index contributed by atoms with van der Waals surface area (Å²) in [6.45, 7) is 0. The predicted molar refractivity (Wildman–Crippen MR) is 82.4 cm³/mol. The second kappa shape index (κ2) is 6.78. The van der Waals surface area contributed by atoms with E-state index in [0.29, 0.717) is 16.1 Å². The lowest BCUT2D eigenvalue weighted by Gasteiger charge is -1.96. The summed E-state index contributed by atoms with van der Waals surface area (Å²) in [4.78, 5) is 0. The number of nitrogens with zero attached hydrogens (tertiary/aromatic N) is 3. The number of aromatic nitrogens is 4. The second-order valence-corrected chi connectivity index (χ2v) is 5.92. The van der Waals surface area contributed by atoms with Crippen molar-refractivity contribution in [3.8, 4) is 11.5 Å². The van der Waals surface area contributed by atoms with Crippen molar-refractivity contribution in [3.63, 3.8) is 0 Å². The molecule has 0 spiro atoms. The van der Waals surface area contributed by atoms with Gasteiger partial charge in [0.25, 0.3) is 5.22 Å². The number of hydrogen-bond acceptors (Lipinski definition) is 5. The first-order chi connectivity index (χ1) is 10.3. The van der Waals surface area contributed by atoms with Crippen LogP contribution in [-0.4, -0.2) is 26.1 Å². The third-order valence-electron chi connectivity index (χ3n) is 2.89. The molecule has 3 rings (SSSR count). The maximum Gasteiger partial charge on any atom is 0.276 e. The molecule has 0 bridgehead atoms. The van der Waals surface area contributed by atoms with Crippen LogP contribution >= 0.6 is 23.4 Å². The van der Waals surface area contributed by atoms with Gasteiger partial charge in [0.05, 0.1) is 6.20 Å². The van der Waals surface area contributed by atoms with E-state index in [2.05, 4.69) is 20.4 Å². The molecule has 0 amide bonds. The lowest BCUT2D eigenvalue weighted by atomic mass is 10.2. The van der Waals surface area contributed by atoms with Crippen LogP contribution in [-0.2, 0) is 6.42 Å². The molecule has 21 heavy (non-hydrogen) atoms. The van der Waals surface area contributed by atoms with Gasteiger partial charge in [-0.1, -0.05) is 23.4 Å². The van der Waals surface area contributed by atoms with Crippen LogP contribution in [0.2, 0.25) is 5.02 Å². The van der Waals surface area contributed by atoms with Gasteiger partial charge in [-0.15, -0.1) is 10.2 Å². The first kappa shape index (κ1) is 14.2. The Morgan fingerprint density at radius 2 is 2.05 bits per heavy atom. The van der Waals surface area contributed by atoms with Crippen molar-refractivity contribution < 1.29 is 4.42 Å². The topological polar surface area (TPSA) is 67.6 Å². The van der Waals surface area contributed by atoms with Gasteiger partial charge in [0.15, 0.2) is 0 Å². The SMILES string of the molecule is Clc1ccc(-c2nnc(SCCCc3cn[nH]c3)o2)cc1. The van der Waals surface area contributed by atoms with Crippen molar-refractivity contribution >= 4 is 23.4 Å². The number of halogens is 1. The molecule has 0 radical (unpaired) electrons. The van der Waals surface area contributed by atoms with E-state index >= 15 is 0 Å². The number of rotatable bonds is 6. The van der Waals surface area contributed by atoms with Crippen molar-refractivity contribution in [2.75, 3.05) is 5.75 Å². The highest BCUT2D eigenvalue weighted by Gasteiger charge is 2.08. The van der Waals surface area contributed by atoms with Crippen molar-refractivity contribution in [2.45, 2.75) is 18.1 Å². The number of aromatic amines is 1. The van der Waals surface area contributed by atoms with Crippen LogP contribution < -0.4 is 0 Å². The van der Waals surface area contributed by atoms with E-state index < -0.39 is 0 Å². The van der Waals surface area contributed by atoms with Gasteiger partial charge >= 0.3 is 0 Å². The molecule has 1 aromatic carbocycles. The highest BCUT2D eigenvalue weighted by Crippen LogP contribution is 2.24. The number of benzene rings is 1. The Labute approximate surface area is 131 Å². The van der Waals surface area contributed by atoms with Crippen LogP contribution in [0.5, 0.6) is 0 Å². The summed E-state index contributed by atoms with van der Waals surface area (Å²) in [5.41, 5.74) is 2.08. The third kappa shape index (κ3) is 3.86. The van der Waals surface area contributed by atoms with Crippen LogP contribution in [0.15, 0.2) is 46.3 Å². The summed E-state index contributed by atoms with van der Waals surface area (Å²) < 4.78 is 5.63. The molecule has 2 heterocycles. The molecule has 0 aliphatic rings. The minimum Gasteiger partial charge on any atom is -0.411 e. The highest BCUT2D eigenvalue weighted by atomic mass is 35.5. The number of hydrogen-bond donors (Lipinski definition) is 1. The molecule has 0 aliphatic heterocycles. The Hall–Kier alpha value is -1.79. The third-order valence-corrected chi connectivity index (χ3v) is 4.04. The Kier molecular flexibility index (Phi) is 4.57. The molecule has 5 nitrogen and oxygen atoms in total. The van der Waals surface area contributed by atoms with Gasteiger partial charge in [-0.05, 0) is 42.7 Å². The number of thioether (sulfide) groups is 1. The van der Waals surface area contributed by atoms with E-state index in [0.717, 1.165) is 24.2 Å². The van der Waals surface area contributed by atoms with Crippen LogP contribution in [0.1, 0.15) is 12.0 Å². The molecule has 0 saturated heterocycles. The number of aryl methyl sites for hydroxylation is 1. The molecule has 108 valence electrons. The minimum atomic E-state index is 0.518. The summed E-state index contributed by atoms with van der Waals surface area (Å²) >= 11 is 7.42. The van der Waals surface area contributed by atoms with E-state index in [1.807, 2.05) is 24.5 Å². The monoisotopic (exact) mass is 320 g/mol. The molecule has 0 aliphatic carbocycles. The molecule has 3 aromatic rings. The van der Waals surface area contributed by atoms with E-state index in [4.69, 9.17) is 16.0 Å². The smallest absolute Gasteiger partial charge is 0.276 e. The zero-order valence-corrected chi connectivity index (χ0v) is 12.7. The van der Waals surface area contributed by atoms with Crippen molar-refractivity contribution in [3.05, 3.63) is 47.2 Å². The largest absolute Gasteiger partial charge is 0.411 e. The summed E-state index contributed by atoms with van der Waals surface area (Å²) in [5, 5.41) is 16.1. The zero-order chi connectivity index (χ0) is 14.5. The van der Waals surface area contributed by atoms with E-state index in [1.165, 1.54) is 5.56 Å². The van der Waals surface area contributed by atoms with Crippen LogP contribution in [0.25, 0.3) is 11.5 Å². The molecular formula is C14H13ClN4OS. The van der Waals surface area contributed by atoms with Crippen LogP contribution in [0.4, 0.5) is 0 Å². The molecule has 0 atom stereocenters. The summed E-state index contributed by atoms with van der Waals surface area (Å²) in [6, 6.07) is 7.34. The quantitative estimate of drug-likeness (QED) is 0.552. The Balaban J connectivity index is 1.52. The Morgan fingerprint density at radius 1 is 1.19 bits per heavy atom. The van der Waals surface area contributed by atoms with Crippen LogP contribution in [0.3, 0.4) is 0 Å². The first-order valence-corrected chi connectivity index (χ1v) is 7.87. The van der Waals surface area contributed by atoms with Gasteiger partial charge in [-0.2, -0.15) is 5.10 Å². The van der Waals surface area contributed by atoms with Gasteiger partial charge in [-0.3, -0.25) is 5.10 Å². The number of H-pyrrole nitrogens is 1. The lowest BCUT2D eigenvalue weighted by molar-refractivity contribution is 0.466. The average Bonchev–Trinajstić information content (AvgIpc) is 3.16. The minimum absolute atomic E-state index is 0.518.